The van der Waals surface area contributed by atoms with Crippen molar-refractivity contribution < 1.29 is 20.1 Å². The fraction of sp³-hybridized carbons (Fsp3) is 0.833. The van der Waals surface area contributed by atoms with Crippen LogP contribution >= 0.6 is 0 Å². The molecule has 0 aromatic rings. The molecular weight excluding hydrogens is 236 g/mol. The molecule has 0 radical (unpaired) electrons. The summed E-state index contributed by atoms with van der Waals surface area (Å²) in [5.41, 5.74) is 0. The molecule has 0 amide bonds. The lowest BCUT2D eigenvalue weighted by molar-refractivity contribution is -0.0602. The van der Waals surface area contributed by atoms with Gasteiger partial charge in [0.15, 0.2) is 6.35 Å². The second-order valence-corrected chi connectivity index (χ2v) is 4.78. The van der Waals surface area contributed by atoms with E-state index in [1.54, 1.807) is 0 Å². The Hall–Kier alpha value is -0.680. The highest BCUT2D eigenvalue weighted by molar-refractivity contribution is 5.01. The number of nitrogens with one attached hydrogen (secondary N) is 2. The number of hydrogen-bond donors (Lipinski definition) is 5. The summed E-state index contributed by atoms with van der Waals surface area (Å²) >= 11 is 0. The maximum absolute atomic E-state index is 9.67. The Balaban J connectivity index is 2.38. The van der Waals surface area contributed by atoms with E-state index < -0.39 is 24.9 Å². The number of aliphatic hydroxyl groups excluding tert-OH is 3. The van der Waals surface area contributed by atoms with Gasteiger partial charge >= 0.3 is 0 Å². The molecule has 1 rings (SSSR count). The molecule has 1 heterocycles. The van der Waals surface area contributed by atoms with E-state index in [1.165, 1.54) is 0 Å². The number of aliphatic hydroxyl groups is 3. The first-order chi connectivity index (χ1) is 8.47. The largest absolute Gasteiger partial charge is 0.394 e. The third kappa shape index (κ3) is 4.21. The molecule has 5 unspecified atom stereocenters. The lowest BCUT2D eigenvalue weighted by Gasteiger charge is -2.24. The molecular formula is C12H22N2O4. The first kappa shape index (κ1) is 15.4. The van der Waals surface area contributed by atoms with Gasteiger partial charge in [0.2, 0.25) is 0 Å². The van der Waals surface area contributed by atoms with E-state index in [9.17, 15) is 10.2 Å². The molecule has 1 aliphatic rings. The van der Waals surface area contributed by atoms with E-state index in [1.807, 2.05) is 13.8 Å². The van der Waals surface area contributed by atoms with Crippen molar-refractivity contribution in [2.75, 3.05) is 6.61 Å². The lowest BCUT2D eigenvalue weighted by Crippen LogP contribution is -2.52. The van der Waals surface area contributed by atoms with Crippen molar-refractivity contribution in [2.45, 2.75) is 45.2 Å². The van der Waals surface area contributed by atoms with Crippen LogP contribution in [0.15, 0.2) is 0 Å². The summed E-state index contributed by atoms with van der Waals surface area (Å²) < 4.78 is 5.44. The molecule has 0 spiro atoms. The normalized spacial score (nSPS) is 31.3. The molecule has 104 valence electrons. The van der Waals surface area contributed by atoms with Gasteiger partial charge in [0.25, 0.3) is 0 Å². The van der Waals surface area contributed by atoms with Gasteiger partial charge < -0.3 is 20.1 Å². The van der Waals surface area contributed by atoms with Crippen molar-refractivity contribution in [3.63, 3.8) is 0 Å². The van der Waals surface area contributed by atoms with Gasteiger partial charge in [0.05, 0.1) is 18.6 Å². The Morgan fingerprint density at radius 1 is 1.44 bits per heavy atom. The predicted octanol–water partition coefficient (Wildman–Crippen LogP) is -1.23. The topological polar surface area (TPSA) is 94.0 Å². The van der Waals surface area contributed by atoms with E-state index in [4.69, 9.17) is 16.3 Å². The number of terminal acetylenes is 1. The third-order valence-corrected chi connectivity index (χ3v) is 2.95. The van der Waals surface area contributed by atoms with Crippen LogP contribution in [0, 0.1) is 24.2 Å². The van der Waals surface area contributed by atoms with E-state index in [0.29, 0.717) is 6.42 Å². The minimum Gasteiger partial charge on any atom is -0.394 e. The van der Waals surface area contributed by atoms with Crippen LogP contribution in [0.3, 0.4) is 0 Å². The molecule has 0 bridgehead atoms. The number of rotatable bonds is 6. The third-order valence-electron chi connectivity index (χ3n) is 2.95. The molecule has 1 fully saturated rings. The fourth-order valence-corrected chi connectivity index (χ4v) is 1.78. The first-order valence-electron chi connectivity index (χ1n) is 6.08. The monoisotopic (exact) mass is 258 g/mol. The Morgan fingerprint density at radius 3 is 2.56 bits per heavy atom. The quantitative estimate of drug-likeness (QED) is 0.303. The first-order valence-corrected chi connectivity index (χ1v) is 6.08. The zero-order valence-electron chi connectivity index (χ0n) is 10.7. The van der Waals surface area contributed by atoms with Gasteiger partial charge in [0, 0.05) is 6.42 Å². The van der Waals surface area contributed by atoms with Crippen molar-refractivity contribution in [2.24, 2.45) is 11.8 Å². The highest BCUT2D eigenvalue weighted by atomic mass is 16.5. The standard InChI is InChI=1S/C12H22N2O4/c1-4-8-5-10(18-9(8)6-15)13-12(17)14-11(16)7(2)3/h1,7-17H,5-6H2,2-3H3. The van der Waals surface area contributed by atoms with Gasteiger partial charge in [-0.15, -0.1) is 12.3 Å². The summed E-state index contributed by atoms with van der Waals surface area (Å²) in [6, 6.07) is 0. The van der Waals surface area contributed by atoms with E-state index in [-0.39, 0.29) is 18.4 Å². The second-order valence-electron chi connectivity index (χ2n) is 4.78. The molecule has 0 aromatic carbocycles. The molecule has 0 saturated carbocycles. The second kappa shape index (κ2) is 7.04. The number of hydrogen-bond acceptors (Lipinski definition) is 6. The summed E-state index contributed by atoms with van der Waals surface area (Å²) in [4.78, 5) is 0. The van der Waals surface area contributed by atoms with Crippen LogP contribution in [0.2, 0.25) is 0 Å². The molecule has 5 atom stereocenters. The summed E-state index contributed by atoms with van der Waals surface area (Å²) in [6.07, 6.45) is 3.08. The zero-order chi connectivity index (χ0) is 13.7. The zero-order valence-corrected chi connectivity index (χ0v) is 10.7. The fourth-order valence-electron chi connectivity index (χ4n) is 1.78. The molecule has 0 aliphatic carbocycles. The Kier molecular flexibility index (Phi) is 6.02. The highest BCUT2D eigenvalue weighted by Crippen LogP contribution is 2.24. The maximum Gasteiger partial charge on any atom is 0.164 e. The Labute approximate surface area is 107 Å². The van der Waals surface area contributed by atoms with Crippen molar-refractivity contribution in [3.8, 4) is 12.3 Å². The Bertz CT molecular complexity index is 292. The van der Waals surface area contributed by atoms with Gasteiger partial charge in [-0.2, -0.15) is 0 Å². The highest BCUT2D eigenvalue weighted by Gasteiger charge is 2.34. The van der Waals surface area contributed by atoms with Gasteiger partial charge in [-0.1, -0.05) is 13.8 Å². The van der Waals surface area contributed by atoms with Crippen molar-refractivity contribution in [1.82, 2.24) is 10.6 Å². The van der Waals surface area contributed by atoms with Crippen LogP contribution in [0.4, 0.5) is 0 Å². The van der Waals surface area contributed by atoms with Crippen molar-refractivity contribution in [1.29, 1.82) is 0 Å². The van der Waals surface area contributed by atoms with Gasteiger partial charge in [0.1, 0.15) is 12.5 Å². The number of ether oxygens (including phenoxy) is 1. The molecule has 0 aromatic heterocycles. The molecule has 6 heteroatoms. The van der Waals surface area contributed by atoms with Crippen molar-refractivity contribution >= 4 is 0 Å². The van der Waals surface area contributed by atoms with Gasteiger partial charge in [-0.3, -0.25) is 10.6 Å². The van der Waals surface area contributed by atoms with Crippen LogP contribution in [-0.4, -0.2) is 46.8 Å². The summed E-state index contributed by atoms with van der Waals surface area (Å²) in [5.74, 6) is 2.36. The van der Waals surface area contributed by atoms with Crippen LogP contribution < -0.4 is 10.6 Å². The lowest BCUT2D eigenvalue weighted by atomic mass is 10.0. The Morgan fingerprint density at radius 2 is 2.11 bits per heavy atom. The smallest absolute Gasteiger partial charge is 0.164 e. The minimum atomic E-state index is -1.09. The van der Waals surface area contributed by atoms with Crippen molar-refractivity contribution in [3.05, 3.63) is 0 Å². The van der Waals surface area contributed by atoms with E-state index in [2.05, 4.69) is 16.6 Å². The van der Waals surface area contributed by atoms with Crippen LogP contribution in [0.1, 0.15) is 20.3 Å². The summed E-state index contributed by atoms with van der Waals surface area (Å²) in [6.45, 7) is 3.50. The van der Waals surface area contributed by atoms with Crippen LogP contribution in [0.25, 0.3) is 0 Å². The average Bonchev–Trinajstić information content (AvgIpc) is 2.70. The predicted molar refractivity (Wildman–Crippen MR) is 65.8 cm³/mol. The van der Waals surface area contributed by atoms with Gasteiger partial charge in [-0.25, -0.2) is 0 Å². The van der Waals surface area contributed by atoms with Crippen LogP contribution in [0.5, 0.6) is 0 Å². The van der Waals surface area contributed by atoms with Crippen LogP contribution in [-0.2, 0) is 4.74 Å². The summed E-state index contributed by atoms with van der Waals surface area (Å²) in [7, 11) is 0. The molecule has 6 nitrogen and oxygen atoms in total. The molecule has 1 aliphatic heterocycles. The van der Waals surface area contributed by atoms with E-state index in [0.717, 1.165) is 0 Å². The molecule has 1 saturated heterocycles. The average molecular weight is 258 g/mol. The minimum absolute atomic E-state index is 0.0189. The maximum atomic E-state index is 9.67. The summed E-state index contributed by atoms with van der Waals surface area (Å²) in [5, 5.41) is 33.6. The van der Waals surface area contributed by atoms with E-state index >= 15 is 0 Å². The molecule has 5 N–H and O–H groups in total. The van der Waals surface area contributed by atoms with Gasteiger partial charge in [-0.05, 0) is 5.92 Å². The SMILES string of the molecule is C#CC1CC(NC(O)NC(O)C(C)C)OC1CO. The molecule has 18 heavy (non-hydrogen) atoms.